The Kier molecular flexibility index (Phi) is 9.85. The Bertz CT molecular complexity index is 730. The summed E-state index contributed by atoms with van der Waals surface area (Å²) in [4.78, 5) is 4.08. The number of hydrogen-bond donors (Lipinski definition) is 3. The van der Waals surface area contributed by atoms with Gasteiger partial charge in [0.15, 0.2) is 5.96 Å². The number of rotatable bonds is 7. The molecule has 0 saturated carbocycles. The summed E-state index contributed by atoms with van der Waals surface area (Å²) < 4.78 is 10.5. The highest BCUT2D eigenvalue weighted by atomic mass is 127. The normalized spacial score (nSPS) is 12.1. The van der Waals surface area contributed by atoms with Crippen molar-refractivity contribution in [1.82, 2.24) is 0 Å². The van der Waals surface area contributed by atoms with Crippen LogP contribution in [0.15, 0.2) is 47.5 Å². The molecule has 2 aromatic rings. The van der Waals surface area contributed by atoms with Crippen LogP contribution >= 0.6 is 47.2 Å². The highest BCUT2D eigenvalue weighted by Gasteiger charge is 2.09. The first kappa shape index (κ1) is 22.6. The van der Waals surface area contributed by atoms with Crippen molar-refractivity contribution in [2.24, 2.45) is 10.7 Å². The van der Waals surface area contributed by atoms with Gasteiger partial charge in [0.05, 0.1) is 18.7 Å². The first-order chi connectivity index (χ1) is 12.0. The van der Waals surface area contributed by atoms with Crippen LogP contribution in [0.2, 0.25) is 10.0 Å². The molecular formula is C17H20Cl2IN3O3. The lowest BCUT2D eigenvalue weighted by molar-refractivity contribution is 0.114. The molecule has 142 valence electrons. The van der Waals surface area contributed by atoms with E-state index in [1.807, 2.05) is 12.1 Å². The summed E-state index contributed by atoms with van der Waals surface area (Å²) in [5.41, 5.74) is 6.56. The van der Waals surface area contributed by atoms with Crippen LogP contribution in [0.1, 0.15) is 0 Å². The van der Waals surface area contributed by atoms with E-state index < -0.39 is 6.10 Å². The molecule has 0 aliphatic rings. The fourth-order valence-electron chi connectivity index (χ4n) is 1.90. The van der Waals surface area contributed by atoms with Crippen LogP contribution in [0.25, 0.3) is 0 Å². The van der Waals surface area contributed by atoms with Crippen molar-refractivity contribution in [2.45, 2.75) is 6.10 Å². The zero-order chi connectivity index (χ0) is 18.2. The Morgan fingerprint density at radius 3 is 2.58 bits per heavy atom. The molecule has 0 bridgehead atoms. The summed E-state index contributed by atoms with van der Waals surface area (Å²) >= 11 is 11.9. The molecular weight excluding hydrogens is 492 g/mol. The van der Waals surface area contributed by atoms with E-state index in [1.165, 1.54) is 0 Å². The van der Waals surface area contributed by atoms with Crippen LogP contribution < -0.4 is 20.5 Å². The van der Waals surface area contributed by atoms with Crippen molar-refractivity contribution in [3.8, 4) is 11.5 Å². The Morgan fingerprint density at radius 2 is 1.92 bits per heavy atom. The standard InChI is InChI=1S/C17H19Cl2N3O3.HI/c1-24-13-7-5-11(6-8-13)22-17(20)21-9-12(23)10-25-15-4-2-3-14(18)16(15)19;/h2-8,12,23H,9-10H2,1H3,(H3,20,21,22);1H. The zero-order valence-electron chi connectivity index (χ0n) is 14.0. The van der Waals surface area contributed by atoms with Gasteiger partial charge in [0.25, 0.3) is 0 Å². The predicted octanol–water partition coefficient (Wildman–Crippen LogP) is 3.79. The molecule has 6 nitrogen and oxygen atoms in total. The molecule has 4 N–H and O–H groups in total. The average Bonchev–Trinajstić information content (AvgIpc) is 2.62. The lowest BCUT2D eigenvalue weighted by Crippen LogP contribution is -2.27. The Balaban J connectivity index is 0.00000338. The minimum Gasteiger partial charge on any atom is -0.497 e. The number of guanidine groups is 1. The van der Waals surface area contributed by atoms with Crippen molar-refractivity contribution in [3.05, 3.63) is 52.5 Å². The van der Waals surface area contributed by atoms with Crippen LogP contribution in [0.3, 0.4) is 0 Å². The number of nitrogens with one attached hydrogen (secondary N) is 1. The van der Waals surface area contributed by atoms with Crippen LogP contribution in [0.5, 0.6) is 11.5 Å². The van der Waals surface area contributed by atoms with Crippen molar-refractivity contribution in [3.63, 3.8) is 0 Å². The first-order valence-corrected chi connectivity index (χ1v) is 8.21. The third-order valence-corrected chi connectivity index (χ3v) is 3.98. The van der Waals surface area contributed by atoms with Crippen molar-refractivity contribution >= 4 is 58.8 Å². The van der Waals surface area contributed by atoms with E-state index in [2.05, 4.69) is 10.3 Å². The van der Waals surface area contributed by atoms with Crippen LogP contribution in [-0.4, -0.2) is 37.4 Å². The Hall–Kier alpha value is -1.42. The van der Waals surface area contributed by atoms with Crippen molar-refractivity contribution < 1.29 is 14.6 Å². The summed E-state index contributed by atoms with van der Waals surface area (Å²) in [6.45, 7) is 0.0898. The molecule has 2 aromatic carbocycles. The molecule has 26 heavy (non-hydrogen) atoms. The number of benzene rings is 2. The van der Waals surface area contributed by atoms with Gasteiger partial charge in [-0.1, -0.05) is 29.3 Å². The predicted molar refractivity (Wildman–Crippen MR) is 116 cm³/mol. The van der Waals surface area contributed by atoms with Gasteiger partial charge in [-0.25, -0.2) is 0 Å². The Morgan fingerprint density at radius 1 is 1.23 bits per heavy atom. The van der Waals surface area contributed by atoms with Gasteiger partial charge in [0.1, 0.15) is 29.2 Å². The molecule has 0 heterocycles. The average molecular weight is 512 g/mol. The zero-order valence-corrected chi connectivity index (χ0v) is 17.8. The number of aliphatic hydroxyl groups is 1. The minimum atomic E-state index is -0.841. The third-order valence-electron chi connectivity index (χ3n) is 3.18. The Labute approximate surface area is 179 Å². The van der Waals surface area contributed by atoms with Crippen molar-refractivity contribution in [1.29, 1.82) is 0 Å². The molecule has 0 radical (unpaired) electrons. The number of anilines is 1. The van der Waals surface area contributed by atoms with Gasteiger partial charge in [-0.15, -0.1) is 24.0 Å². The maximum absolute atomic E-state index is 9.95. The van der Waals surface area contributed by atoms with Crippen molar-refractivity contribution in [2.75, 3.05) is 25.6 Å². The fraction of sp³-hybridized carbons (Fsp3) is 0.235. The molecule has 0 spiro atoms. The van der Waals surface area contributed by atoms with E-state index in [9.17, 15) is 5.11 Å². The van der Waals surface area contributed by atoms with Gasteiger partial charge in [0.2, 0.25) is 0 Å². The van der Waals surface area contributed by atoms with Gasteiger partial charge in [0, 0.05) is 5.69 Å². The second-order valence-corrected chi connectivity index (χ2v) is 5.88. The maximum Gasteiger partial charge on any atom is 0.193 e. The molecule has 0 fully saturated rings. The lowest BCUT2D eigenvalue weighted by Gasteiger charge is -2.13. The summed E-state index contributed by atoms with van der Waals surface area (Å²) in [5, 5.41) is 13.6. The number of aliphatic hydroxyl groups excluding tert-OH is 1. The van der Waals surface area contributed by atoms with Crippen LogP contribution in [0.4, 0.5) is 5.69 Å². The largest absolute Gasteiger partial charge is 0.497 e. The van der Waals surface area contributed by atoms with E-state index in [0.717, 1.165) is 11.4 Å². The molecule has 1 atom stereocenters. The van der Waals surface area contributed by atoms with Gasteiger partial charge >= 0.3 is 0 Å². The smallest absolute Gasteiger partial charge is 0.193 e. The number of aliphatic imine (C=N–C) groups is 1. The van der Waals surface area contributed by atoms with E-state index in [-0.39, 0.29) is 43.1 Å². The van der Waals surface area contributed by atoms with E-state index in [4.69, 9.17) is 38.4 Å². The number of hydrogen-bond acceptors (Lipinski definition) is 4. The topological polar surface area (TPSA) is 89.1 Å². The molecule has 0 amide bonds. The second kappa shape index (κ2) is 11.3. The number of nitrogens with two attached hydrogens (primary N) is 1. The summed E-state index contributed by atoms with van der Waals surface area (Å²) in [7, 11) is 1.60. The highest BCUT2D eigenvalue weighted by Crippen LogP contribution is 2.31. The van der Waals surface area contributed by atoms with Crippen LogP contribution in [-0.2, 0) is 0 Å². The highest BCUT2D eigenvalue weighted by molar-refractivity contribution is 14.0. The molecule has 1 unspecified atom stereocenters. The third kappa shape index (κ3) is 7.06. The number of ether oxygens (including phenoxy) is 2. The first-order valence-electron chi connectivity index (χ1n) is 7.45. The minimum absolute atomic E-state index is 0. The van der Waals surface area contributed by atoms with Gasteiger partial charge in [-0.05, 0) is 36.4 Å². The molecule has 0 aliphatic heterocycles. The molecule has 2 rings (SSSR count). The van der Waals surface area contributed by atoms with E-state index >= 15 is 0 Å². The van der Waals surface area contributed by atoms with Gasteiger partial charge in [-0.2, -0.15) is 0 Å². The summed E-state index contributed by atoms with van der Waals surface area (Å²) in [6.07, 6.45) is -0.841. The van der Waals surface area contributed by atoms with E-state index in [0.29, 0.717) is 15.8 Å². The van der Waals surface area contributed by atoms with Gasteiger partial charge < -0.3 is 25.6 Å². The summed E-state index contributed by atoms with van der Waals surface area (Å²) in [5.74, 6) is 1.33. The van der Waals surface area contributed by atoms with E-state index in [1.54, 1.807) is 37.4 Å². The molecule has 0 aromatic heterocycles. The second-order valence-electron chi connectivity index (χ2n) is 5.10. The SMILES string of the molecule is COc1ccc(NC(N)=NCC(O)COc2cccc(Cl)c2Cl)cc1.I. The quantitative estimate of drug-likeness (QED) is 0.299. The molecule has 9 heteroatoms. The molecule has 0 saturated heterocycles. The monoisotopic (exact) mass is 511 g/mol. The van der Waals surface area contributed by atoms with Crippen LogP contribution in [0, 0.1) is 0 Å². The molecule has 0 aliphatic carbocycles. The fourth-order valence-corrected chi connectivity index (χ4v) is 2.25. The number of nitrogens with zero attached hydrogens (tertiary/aromatic N) is 1. The number of halogens is 3. The number of methoxy groups -OCH3 is 1. The maximum atomic E-state index is 9.95. The summed E-state index contributed by atoms with van der Waals surface area (Å²) in [6, 6.07) is 12.3. The lowest BCUT2D eigenvalue weighted by atomic mass is 10.3. The van der Waals surface area contributed by atoms with Gasteiger partial charge in [-0.3, -0.25) is 4.99 Å².